The lowest BCUT2D eigenvalue weighted by Crippen LogP contribution is -2.46. The number of hydrogen-bond acceptors (Lipinski definition) is 4. The van der Waals surface area contributed by atoms with Gasteiger partial charge in [0.2, 0.25) is 11.8 Å². The van der Waals surface area contributed by atoms with E-state index in [4.69, 9.17) is 0 Å². The van der Waals surface area contributed by atoms with Gasteiger partial charge in [0.1, 0.15) is 0 Å². The summed E-state index contributed by atoms with van der Waals surface area (Å²) in [4.78, 5) is 37.4. The van der Waals surface area contributed by atoms with Crippen LogP contribution in [-0.4, -0.2) is 51.7 Å². The summed E-state index contributed by atoms with van der Waals surface area (Å²) in [6.45, 7) is 3.57. The van der Waals surface area contributed by atoms with Gasteiger partial charge in [-0.3, -0.25) is 19.6 Å². The monoisotopic (exact) mass is 366 g/mol. The van der Waals surface area contributed by atoms with Crippen molar-refractivity contribution in [3.05, 3.63) is 59.7 Å². The topological polar surface area (TPSA) is 66.4 Å². The van der Waals surface area contributed by atoms with Crippen molar-refractivity contribution in [3.8, 4) is 0 Å². The lowest BCUT2D eigenvalue weighted by molar-refractivity contribution is -0.142. The van der Waals surface area contributed by atoms with Crippen molar-refractivity contribution in [2.75, 3.05) is 20.1 Å². The number of amides is 2. The molecule has 1 atom stereocenters. The Labute approximate surface area is 160 Å². The summed E-state index contributed by atoms with van der Waals surface area (Å²) < 4.78 is 0. The van der Waals surface area contributed by atoms with Gasteiger partial charge in [0.15, 0.2) is 0 Å². The van der Waals surface area contributed by atoms with Gasteiger partial charge in [0.05, 0.1) is 18.2 Å². The quantitative estimate of drug-likeness (QED) is 0.786. The highest BCUT2D eigenvalue weighted by atomic mass is 16.2. The van der Waals surface area contributed by atoms with E-state index in [0.717, 1.165) is 17.0 Å². The molecule has 2 aromatic heterocycles. The van der Waals surface area contributed by atoms with Gasteiger partial charge in [0.25, 0.3) is 0 Å². The molecule has 1 aliphatic rings. The fourth-order valence-electron chi connectivity index (χ4n) is 3.43. The predicted octanol–water partition coefficient (Wildman–Crippen LogP) is 2.22. The zero-order chi connectivity index (χ0) is 19.2. The van der Waals surface area contributed by atoms with Crippen LogP contribution in [0.1, 0.15) is 29.8 Å². The van der Waals surface area contributed by atoms with Crippen LogP contribution in [0.25, 0.3) is 0 Å². The molecule has 3 rings (SSSR count). The first-order valence-corrected chi connectivity index (χ1v) is 9.37. The van der Waals surface area contributed by atoms with Crippen LogP contribution in [0.2, 0.25) is 0 Å². The van der Waals surface area contributed by atoms with E-state index in [2.05, 4.69) is 9.97 Å². The summed E-state index contributed by atoms with van der Waals surface area (Å²) in [6.07, 6.45) is 5.25. The Morgan fingerprint density at radius 2 is 2.04 bits per heavy atom. The molecule has 1 fully saturated rings. The largest absolute Gasteiger partial charge is 0.342 e. The Bertz CT molecular complexity index is 794. The van der Waals surface area contributed by atoms with Gasteiger partial charge in [-0.15, -0.1) is 0 Å². The first-order valence-electron chi connectivity index (χ1n) is 9.37. The molecule has 142 valence electrons. The number of hydrogen-bond donors (Lipinski definition) is 0. The minimum Gasteiger partial charge on any atom is -0.342 e. The van der Waals surface area contributed by atoms with E-state index in [1.54, 1.807) is 22.2 Å². The molecule has 6 nitrogen and oxygen atoms in total. The van der Waals surface area contributed by atoms with E-state index in [9.17, 15) is 9.59 Å². The van der Waals surface area contributed by atoms with Crippen LogP contribution < -0.4 is 0 Å². The van der Waals surface area contributed by atoms with Gasteiger partial charge >= 0.3 is 0 Å². The van der Waals surface area contributed by atoms with Crippen LogP contribution in [0.15, 0.2) is 42.7 Å². The molecule has 0 bridgehead atoms. The van der Waals surface area contributed by atoms with E-state index in [1.165, 1.54) is 0 Å². The Morgan fingerprint density at radius 1 is 1.22 bits per heavy atom. The molecular formula is C21H26N4O2. The normalized spacial score (nSPS) is 17.0. The summed E-state index contributed by atoms with van der Waals surface area (Å²) in [6, 6.07) is 9.68. The van der Waals surface area contributed by atoms with Crippen LogP contribution in [0.4, 0.5) is 0 Å². The first-order chi connectivity index (χ1) is 13.0. The minimum atomic E-state index is -0.152. The van der Waals surface area contributed by atoms with Gasteiger partial charge in [-0.05, 0) is 37.1 Å². The molecule has 0 aliphatic carbocycles. The van der Waals surface area contributed by atoms with Gasteiger partial charge in [-0.25, -0.2) is 0 Å². The van der Waals surface area contributed by atoms with E-state index in [0.29, 0.717) is 38.9 Å². The second kappa shape index (κ2) is 8.75. The molecule has 0 spiro atoms. The van der Waals surface area contributed by atoms with E-state index >= 15 is 0 Å². The summed E-state index contributed by atoms with van der Waals surface area (Å²) >= 11 is 0. The molecule has 2 amide bonds. The van der Waals surface area contributed by atoms with E-state index in [1.807, 2.05) is 44.3 Å². The van der Waals surface area contributed by atoms with Gasteiger partial charge in [0, 0.05) is 51.1 Å². The number of aryl methyl sites for hydroxylation is 1. The average Bonchev–Trinajstić information content (AvgIpc) is 2.69. The van der Waals surface area contributed by atoms with E-state index in [-0.39, 0.29) is 17.7 Å². The summed E-state index contributed by atoms with van der Waals surface area (Å²) in [5.41, 5.74) is 2.95. The zero-order valence-corrected chi connectivity index (χ0v) is 16.0. The Hall–Kier alpha value is -2.76. The fourth-order valence-corrected chi connectivity index (χ4v) is 3.43. The third kappa shape index (κ3) is 4.90. The number of carbonyl (C=O) groups is 2. The highest BCUT2D eigenvalue weighted by molar-refractivity contribution is 5.83. The number of nitrogens with zero attached hydrogens (tertiary/aromatic N) is 4. The van der Waals surface area contributed by atoms with Crippen molar-refractivity contribution < 1.29 is 9.59 Å². The number of pyridine rings is 2. The molecular weight excluding hydrogens is 340 g/mol. The summed E-state index contributed by atoms with van der Waals surface area (Å²) in [5.74, 6) is 0.0500. The van der Waals surface area contributed by atoms with Crippen LogP contribution in [0, 0.1) is 12.8 Å². The molecule has 2 aromatic rings. The number of likely N-dealkylation sites (tertiary alicyclic amines) is 1. The predicted molar refractivity (Wildman–Crippen MR) is 103 cm³/mol. The third-order valence-electron chi connectivity index (χ3n) is 5.09. The number of rotatable bonds is 6. The van der Waals surface area contributed by atoms with Gasteiger partial charge in [-0.2, -0.15) is 0 Å². The van der Waals surface area contributed by atoms with Gasteiger partial charge in [-0.1, -0.05) is 12.1 Å². The summed E-state index contributed by atoms with van der Waals surface area (Å²) in [7, 11) is 1.81. The molecule has 0 aromatic carbocycles. The standard InChI is InChI=1S/C21H26N4O2/c1-16-6-5-12-23-19(16)15-24(2)21(27)17-8-9-20(26)25(14-17)13-10-18-7-3-4-11-22-18/h3-7,11-12,17H,8-10,13-15H2,1-2H3/t17-/m0/s1. The number of piperidine rings is 1. The second-order valence-electron chi connectivity index (χ2n) is 7.11. The van der Waals surface area contributed by atoms with Crippen LogP contribution in [-0.2, 0) is 22.6 Å². The molecule has 1 saturated heterocycles. The SMILES string of the molecule is Cc1cccnc1CN(C)C(=O)[C@H]1CCC(=O)N(CCc2ccccn2)C1. The smallest absolute Gasteiger partial charge is 0.227 e. The average molecular weight is 366 g/mol. The Kier molecular flexibility index (Phi) is 6.16. The first kappa shape index (κ1) is 19.0. The van der Waals surface area contributed by atoms with Crippen LogP contribution in [0.5, 0.6) is 0 Å². The minimum absolute atomic E-state index is 0.0791. The highest BCUT2D eigenvalue weighted by Crippen LogP contribution is 2.21. The molecule has 27 heavy (non-hydrogen) atoms. The van der Waals surface area contributed by atoms with Crippen molar-refractivity contribution in [1.29, 1.82) is 0 Å². The number of aromatic nitrogens is 2. The highest BCUT2D eigenvalue weighted by Gasteiger charge is 2.31. The second-order valence-corrected chi connectivity index (χ2v) is 7.11. The molecule has 0 unspecified atom stereocenters. The van der Waals surface area contributed by atoms with Crippen molar-refractivity contribution in [2.24, 2.45) is 5.92 Å². The lowest BCUT2D eigenvalue weighted by Gasteiger charge is -2.34. The zero-order valence-electron chi connectivity index (χ0n) is 16.0. The molecule has 0 N–H and O–H groups in total. The van der Waals surface area contributed by atoms with Crippen molar-refractivity contribution >= 4 is 11.8 Å². The molecule has 0 radical (unpaired) electrons. The maximum atomic E-state index is 12.9. The fraction of sp³-hybridized carbons (Fsp3) is 0.429. The molecule has 6 heteroatoms. The van der Waals surface area contributed by atoms with Crippen molar-refractivity contribution in [1.82, 2.24) is 19.8 Å². The maximum Gasteiger partial charge on any atom is 0.227 e. The lowest BCUT2D eigenvalue weighted by atomic mass is 9.95. The Morgan fingerprint density at radius 3 is 2.78 bits per heavy atom. The number of carbonyl (C=O) groups excluding carboxylic acids is 2. The molecule has 1 aliphatic heterocycles. The molecule has 3 heterocycles. The van der Waals surface area contributed by atoms with E-state index < -0.39 is 0 Å². The van der Waals surface area contributed by atoms with Crippen molar-refractivity contribution in [2.45, 2.75) is 32.7 Å². The Balaban J connectivity index is 1.58. The maximum absolute atomic E-state index is 12.9. The molecule has 0 saturated carbocycles. The van der Waals surface area contributed by atoms with Gasteiger partial charge < -0.3 is 9.80 Å². The van der Waals surface area contributed by atoms with Crippen LogP contribution in [0.3, 0.4) is 0 Å². The summed E-state index contributed by atoms with van der Waals surface area (Å²) in [5, 5.41) is 0. The third-order valence-corrected chi connectivity index (χ3v) is 5.09. The van der Waals surface area contributed by atoms with Crippen molar-refractivity contribution in [3.63, 3.8) is 0 Å². The van der Waals surface area contributed by atoms with Crippen LogP contribution >= 0.6 is 0 Å².